The van der Waals surface area contributed by atoms with Crippen LogP contribution in [0.3, 0.4) is 0 Å². The number of rotatable bonds is 2. The topological polar surface area (TPSA) is 58.6 Å². The second kappa shape index (κ2) is 3.96. The number of carbonyl (C=O) groups is 1. The average Bonchev–Trinajstić information content (AvgIpc) is 2.53. The molecule has 0 fully saturated rings. The Morgan fingerprint density at radius 3 is 2.50 bits per heavy atom. The molecule has 0 radical (unpaired) electrons. The third kappa shape index (κ3) is 2.01. The molecule has 0 bridgehead atoms. The first-order chi connectivity index (χ1) is 8.18. The highest BCUT2D eigenvalue weighted by atomic mass is 32.1. The summed E-state index contributed by atoms with van der Waals surface area (Å²) in [6, 6.07) is 0. The number of fused-ring (bicyclic) bond motifs is 1. The van der Waals surface area contributed by atoms with Crippen molar-refractivity contribution in [1.29, 1.82) is 0 Å². The van der Waals surface area contributed by atoms with Crippen LogP contribution in [0.25, 0.3) is 0 Å². The van der Waals surface area contributed by atoms with Gasteiger partial charge in [-0.2, -0.15) is 0 Å². The minimum Gasteiger partial charge on any atom is -0.478 e. The summed E-state index contributed by atoms with van der Waals surface area (Å²) < 4.78 is 6.07. The smallest absolute Gasteiger partial charge is 0.338 e. The molecule has 0 atom stereocenters. The summed E-state index contributed by atoms with van der Waals surface area (Å²) in [5.74, 6) is -0.870. The Morgan fingerprint density at radius 2 is 2.00 bits per heavy atom. The highest BCUT2D eigenvalue weighted by molar-refractivity contribution is 7.16. The monoisotopic (exact) mass is 269 g/mol. The Bertz CT molecular complexity index is 503. The van der Waals surface area contributed by atoms with E-state index in [0.717, 1.165) is 10.4 Å². The number of carboxylic acid groups (broad SMARTS) is 1. The minimum atomic E-state index is -0.870. The van der Waals surface area contributed by atoms with Crippen molar-refractivity contribution in [2.24, 2.45) is 0 Å². The van der Waals surface area contributed by atoms with Gasteiger partial charge in [0.2, 0.25) is 0 Å². The maximum atomic E-state index is 11.5. The molecule has 2 heterocycles. The van der Waals surface area contributed by atoms with Gasteiger partial charge in [-0.1, -0.05) is 0 Å². The molecule has 0 unspecified atom stereocenters. The first kappa shape index (κ1) is 13.4. The lowest BCUT2D eigenvalue weighted by atomic mass is 9.86. The molecular formula is C13H19NO3S. The Kier molecular flexibility index (Phi) is 2.94. The molecule has 0 saturated heterocycles. The molecule has 2 N–H and O–H groups in total. The van der Waals surface area contributed by atoms with E-state index in [2.05, 4.69) is 5.32 Å². The molecule has 0 amide bonds. The van der Waals surface area contributed by atoms with Crippen molar-refractivity contribution < 1.29 is 14.6 Å². The molecular weight excluding hydrogens is 250 g/mol. The number of hydrogen-bond donors (Lipinski definition) is 2. The fraction of sp³-hybridized carbons (Fsp3) is 0.615. The van der Waals surface area contributed by atoms with E-state index >= 15 is 0 Å². The molecule has 0 saturated carbocycles. The van der Waals surface area contributed by atoms with Crippen LogP contribution in [0.15, 0.2) is 0 Å². The van der Waals surface area contributed by atoms with Crippen molar-refractivity contribution in [3.8, 4) is 0 Å². The van der Waals surface area contributed by atoms with Crippen molar-refractivity contribution in [1.82, 2.24) is 0 Å². The van der Waals surface area contributed by atoms with Gasteiger partial charge in [0.25, 0.3) is 0 Å². The van der Waals surface area contributed by atoms with Gasteiger partial charge in [-0.15, -0.1) is 11.3 Å². The minimum absolute atomic E-state index is 0.340. The van der Waals surface area contributed by atoms with Crippen LogP contribution in [0, 0.1) is 0 Å². The lowest BCUT2D eigenvalue weighted by Gasteiger charge is -2.41. The quantitative estimate of drug-likeness (QED) is 0.866. The van der Waals surface area contributed by atoms with Crippen molar-refractivity contribution in [2.75, 3.05) is 12.4 Å². The summed E-state index contributed by atoms with van der Waals surface area (Å²) in [6.45, 7) is 7.99. The Balaban J connectivity index is 2.67. The summed E-state index contributed by atoms with van der Waals surface area (Å²) in [5.41, 5.74) is 0.536. The number of carboxylic acids is 1. The number of ether oxygens (including phenoxy) is 1. The Hall–Kier alpha value is -1.07. The lowest BCUT2D eigenvalue weighted by molar-refractivity contribution is -0.135. The summed E-state index contributed by atoms with van der Waals surface area (Å²) in [7, 11) is 1.75. The second-order valence-corrected chi connectivity index (χ2v) is 6.74. The first-order valence-electron chi connectivity index (χ1n) is 5.95. The van der Waals surface area contributed by atoms with E-state index in [1.807, 2.05) is 27.7 Å². The second-order valence-electron chi connectivity index (χ2n) is 5.72. The molecule has 5 heteroatoms. The highest BCUT2D eigenvalue weighted by Gasteiger charge is 2.42. The fourth-order valence-corrected chi connectivity index (χ4v) is 3.92. The van der Waals surface area contributed by atoms with Gasteiger partial charge in [0.1, 0.15) is 5.00 Å². The van der Waals surface area contributed by atoms with E-state index in [1.54, 1.807) is 7.05 Å². The number of anilines is 1. The van der Waals surface area contributed by atoms with Crippen LogP contribution in [0.1, 0.15) is 48.5 Å². The summed E-state index contributed by atoms with van der Waals surface area (Å²) in [6.07, 6.45) is 0.631. The standard InChI is InChI=1S/C13H19NO3S/c1-12(2)6-7-8(11(15)16)10(14-5)18-9(7)13(3,4)17-12/h14H,6H2,1-5H3,(H,15,16). The zero-order chi connectivity index (χ0) is 13.7. The SMILES string of the molecule is CNc1sc2c(c1C(=O)O)CC(C)(C)OC2(C)C. The zero-order valence-electron chi connectivity index (χ0n) is 11.4. The third-order valence-electron chi connectivity index (χ3n) is 3.13. The molecule has 18 heavy (non-hydrogen) atoms. The first-order valence-corrected chi connectivity index (χ1v) is 6.77. The number of aromatic carboxylic acids is 1. The van der Waals surface area contributed by atoms with E-state index < -0.39 is 11.6 Å². The third-order valence-corrected chi connectivity index (χ3v) is 4.68. The van der Waals surface area contributed by atoms with Crippen molar-refractivity contribution in [2.45, 2.75) is 45.3 Å². The van der Waals surface area contributed by atoms with Crippen LogP contribution in [0.4, 0.5) is 5.00 Å². The molecule has 4 nitrogen and oxygen atoms in total. The van der Waals surface area contributed by atoms with Crippen LogP contribution in [0.2, 0.25) is 0 Å². The normalized spacial score (nSPS) is 20.3. The summed E-state index contributed by atoms with van der Waals surface area (Å²) >= 11 is 1.48. The van der Waals surface area contributed by atoms with Gasteiger partial charge in [-0.25, -0.2) is 4.79 Å². The predicted octanol–water partition coefficient (Wildman–Crippen LogP) is 3.07. The highest BCUT2D eigenvalue weighted by Crippen LogP contribution is 2.48. The molecule has 100 valence electrons. The van der Waals surface area contributed by atoms with Gasteiger partial charge in [-0.3, -0.25) is 0 Å². The Labute approximate surface area is 111 Å². The van der Waals surface area contributed by atoms with E-state index in [-0.39, 0.29) is 5.60 Å². The average molecular weight is 269 g/mol. The van der Waals surface area contributed by atoms with Gasteiger partial charge in [-0.05, 0) is 33.3 Å². The van der Waals surface area contributed by atoms with Gasteiger partial charge in [0.05, 0.1) is 16.8 Å². The van der Waals surface area contributed by atoms with Crippen molar-refractivity contribution in [3.05, 3.63) is 16.0 Å². The van der Waals surface area contributed by atoms with Crippen LogP contribution in [0.5, 0.6) is 0 Å². The molecule has 2 rings (SSSR count). The molecule has 0 aliphatic carbocycles. The molecule has 1 aliphatic heterocycles. The lowest BCUT2D eigenvalue weighted by Crippen LogP contribution is -2.41. The van der Waals surface area contributed by atoms with Crippen LogP contribution in [-0.2, 0) is 16.8 Å². The van der Waals surface area contributed by atoms with Crippen molar-refractivity contribution >= 4 is 22.3 Å². The van der Waals surface area contributed by atoms with Crippen LogP contribution < -0.4 is 5.32 Å². The number of hydrogen-bond acceptors (Lipinski definition) is 4. The number of thiophene rings is 1. The van der Waals surface area contributed by atoms with E-state index in [1.165, 1.54) is 11.3 Å². The van der Waals surface area contributed by atoms with Gasteiger partial charge < -0.3 is 15.2 Å². The largest absolute Gasteiger partial charge is 0.478 e. The van der Waals surface area contributed by atoms with Crippen LogP contribution >= 0.6 is 11.3 Å². The van der Waals surface area contributed by atoms with E-state index in [0.29, 0.717) is 17.0 Å². The van der Waals surface area contributed by atoms with E-state index in [4.69, 9.17) is 4.74 Å². The maximum absolute atomic E-state index is 11.5. The molecule has 0 aromatic carbocycles. The molecule has 1 aromatic rings. The molecule has 1 aromatic heterocycles. The Morgan fingerprint density at radius 1 is 1.39 bits per heavy atom. The molecule has 1 aliphatic rings. The maximum Gasteiger partial charge on any atom is 0.338 e. The van der Waals surface area contributed by atoms with Gasteiger partial charge in [0.15, 0.2) is 0 Å². The molecule has 0 spiro atoms. The predicted molar refractivity (Wildman–Crippen MR) is 72.7 cm³/mol. The summed E-state index contributed by atoms with van der Waals surface area (Å²) in [4.78, 5) is 12.5. The fourth-order valence-electron chi connectivity index (χ4n) is 2.72. The van der Waals surface area contributed by atoms with Crippen molar-refractivity contribution in [3.63, 3.8) is 0 Å². The zero-order valence-corrected chi connectivity index (χ0v) is 12.2. The number of nitrogens with one attached hydrogen (secondary N) is 1. The van der Waals surface area contributed by atoms with Gasteiger partial charge in [0, 0.05) is 18.3 Å². The van der Waals surface area contributed by atoms with E-state index in [9.17, 15) is 9.90 Å². The van der Waals surface area contributed by atoms with Crippen LogP contribution in [-0.4, -0.2) is 23.7 Å². The summed E-state index contributed by atoms with van der Waals surface area (Å²) in [5, 5.41) is 13.1. The van der Waals surface area contributed by atoms with Gasteiger partial charge >= 0.3 is 5.97 Å².